The van der Waals surface area contributed by atoms with E-state index in [0.717, 1.165) is 9.09 Å². The molecule has 0 unspecified atom stereocenters. The average molecular weight is 445 g/mol. The van der Waals surface area contributed by atoms with Gasteiger partial charge in [-0.25, -0.2) is 4.98 Å². The van der Waals surface area contributed by atoms with E-state index < -0.39 is 0 Å². The first-order valence-corrected chi connectivity index (χ1v) is 8.95. The Bertz CT molecular complexity index is 753. The molecule has 0 aliphatic rings. The SMILES string of the molecule is COCCOCCn1c(NC(C)(C)C)nc2c(I)cccc2c1=O. The maximum Gasteiger partial charge on any atom is 0.262 e. The maximum atomic E-state index is 12.9. The number of ether oxygens (including phenoxy) is 2. The highest BCUT2D eigenvalue weighted by Crippen LogP contribution is 2.19. The fourth-order valence-corrected chi connectivity index (χ4v) is 2.87. The standard InChI is InChI=1S/C17H24IN3O3/c1-17(2,3)20-16-19-14-12(6-5-7-13(14)18)15(22)21(16)8-9-24-11-10-23-4/h5-7H,8-11H2,1-4H3,(H,19,20). The lowest BCUT2D eigenvalue weighted by Gasteiger charge is -2.24. The van der Waals surface area contributed by atoms with E-state index in [1.807, 2.05) is 39.0 Å². The first-order chi connectivity index (χ1) is 11.3. The molecule has 6 nitrogen and oxygen atoms in total. The van der Waals surface area contributed by atoms with E-state index in [-0.39, 0.29) is 11.1 Å². The van der Waals surface area contributed by atoms with Crippen LogP contribution >= 0.6 is 22.6 Å². The molecule has 24 heavy (non-hydrogen) atoms. The van der Waals surface area contributed by atoms with Gasteiger partial charge in [-0.3, -0.25) is 9.36 Å². The van der Waals surface area contributed by atoms with Gasteiger partial charge in [0.1, 0.15) is 0 Å². The normalized spacial score (nSPS) is 11.9. The highest BCUT2D eigenvalue weighted by molar-refractivity contribution is 14.1. The minimum Gasteiger partial charge on any atom is -0.382 e. The molecule has 0 aliphatic heterocycles. The van der Waals surface area contributed by atoms with Gasteiger partial charge in [0.05, 0.1) is 37.3 Å². The molecule has 0 spiro atoms. The zero-order valence-corrected chi connectivity index (χ0v) is 16.7. The third-order valence-corrected chi connectivity index (χ3v) is 4.18. The topological polar surface area (TPSA) is 65.4 Å². The van der Waals surface area contributed by atoms with E-state index >= 15 is 0 Å². The number of methoxy groups -OCH3 is 1. The first-order valence-electron chi connectivity index (χ1n) is 7.87. The number of halogens is 1. The molecule has 2 rings (SSSR count). The van der Waals surface area contributed by atoms with E-state index in [1.54, 1.807) is 11.7 Å². The molecule has 1 aromatic heterocycles. The molecule has 2 aromatic rings. The van der Waals surface area contributed by atoms with Crippen LogP contribution in [0.4, 0.5) is 5.95 Å². The number of anilines is 1. The maximum absolute atomic E-state index is 12.9. The second-order valence-corrected chi connectivity index (χ2v) is 7.67. The van der Waals surface area contributed by atoms with Gasteiger partial charge in [0.15, 0.2) is 0 Å². The Hall–Kier alpha value is -1.19. The minimum absolute atomic E-state index is 0.0550. The molecule has 0 aliphatic carbocycles. The second-order valence-electron chi connectivity index (χ2n) is 6.51. The van der Waals surface area contributed by atoms with Gasteiger partial charge in [-0.1, -0.05) is 6.07 Å². The third kappa shape index (κ3) is 4.90. The summed E-state index contributed by atoms with van der Waals surface area (Å²) in [5.74, 6) is 0.569. The zero-order chi connectivity index (χ0) is 17.7. The average Bonchev–Trinajstić information content (AvgIpc) is 2.49. The van der Waals surface area contributed by atoms with Crippen LogP contribution in [-0.4, -0.2) is 42.0 Å². The molecule has 0 saturated carbocycles. The molecule has 1 N–H and O–H groups in total. The second kappa shape index (κ2) is 8.26. The van der Waals surface area contributed by atoms with E-state index in [1.165, 1.54) is 0 Å². The smallest absolute Gasteiger partial charge is 0.262 e. The van der Waals surface area contributed by atoms with Crippen molar-refractivity contribution in [2.75, 3.05) is 32.2 Å². The van der Waals surface area contributed by atoms with Crippen LogP contribution in [0.1, 0.15) is 20.8 Å². The summed E-state index contributed by atoms with van der Waals surface area (Å²) in [6.07, 6.45) is 0. The highest BCUT2D eigenvalue weighted by Gasteiger charge is 2.17. The number of hydrogen-bond donors (Lipinski definition) is 1. The molecule has 0 atom stereocenters. The van der Waals surface area contributed by atoms with Crippen LogP contribution in [0.2, 0.25) is 0 Å². The fourth-order valence-electron chi connectivity index (χ4n) is 2.25. The van der Waals surface area contributed by atoms with Crippen LogP contribution in [-0.2, 0) is 16.0 Å². The van der Waals surface area contributed by atoms with Gasteiger partial charge in [0.2, 0.25) is 5.95 Å². The molecule has 0 saturated heterocycles. The molecule has 7 heteroatoms. The number of fused-ring (bicyclic) bond motifs is 1. The van der Waals surface area contributed by atoms with Crippen LogP contribution in [0.15, 0.2) is 23.0 Å². The van der Waals surface area contributed by atoms with Crippen LogP contribution in [0, 0.1) is 3.57 Å². The zero-order valence-electron chi connectivity index (χ0n) is 14.6. The lowest BCUT2D eigenvalue weighted by atomic mass is 10.1. The molecule has 1 heterocycles. The third-order valence-electron chi connectivity index (χ3n) is 3.31. The summed E-state index contributed by atoms with van der Waals surface area (Å²) in [5, 5.41) is 3.95. The Labute approximate surface area is 155 Å². The van der Waals surface area contributed by atoms with Crippen molar-refractivity contribution in [3.63, 3.8) is 0 Å². The molecule has 132 valence electrons. The van der Waals surface area contributed by atoms with Crippen LogP contribution in [0.5, 0.6) is 0 Å². The van der Waals surface area contributed by atoms with E-state index in [9.17, 15) is 4.79 Å². The van der Waals surface area contributed by atoms with Gasteiger partial charge < -0.3 is 14.8 Å². The van der Waals surface area contributed by atoms with Crippen molar-refractivity contribution in [1.82, 2.24) is 9.55 Å². The summed E-state index contributed by atoms with van der Waals surface area (Å²) in [4.78, 5) is 17.6. The van der Waals surface area contributed by atoms with Crippen LogP contribution < -0.4 is 10.9 Å². The number of benzene rings is 1. The van der Waals surface area contributed by atoms with Crippen molar-refractivity contribution in [3.05, 3.63) is 32.1 Å². The fraction of sp³-hybridized carbons (Fsp3) is 0.529. The van der Waals surface area contributed by atoms with Gasteiger partial charge in [-0.15, -0.1) is 0 Å². The quantitative estimate of drug-likeness (QED) is 0.525. The first kappa shape index (κ1) is 19.1. The van der Waals surface area contributed by atoms with Gasteiger partial charge in [-0.2, -0.15) is 0 Å². The molecule has 0 radical (unpaired) electrons. The number of aromatic nitrogens is 2. The largest absolute Gasteiger partial charge is 0.382 e. The van der Waals surface area contributed by atoms with E-state index in [4.69, 9.17) is 14.5 Å². The van der Waals surface area contributed by atoms with Crippen molar-refractivity contribution in [2.45, 2.75) is 32.9 Å². The summed E-state index contributed by atoms with van der Waals surface area (Å²) in [6, 6.07) is 5.65. The predicted molar refractivity (Wildman–Crippen MR) is 105 cm³/mol. The Morgan fingerprint density at radius 1 is 1.25 bits per heavy atom. The summed E-state index contributed by atoms with van der Waals surface area (Å²) in [6.45, 7) is 8.03. The van der Waals surface area contributed by atoms with Crippen LogP contribution in [0.25, 0.3) is 10.9 Å². The summed E-state index contributed by atoms with van der Waals surface area (Å²) >= 11 is 2.21. The number of nitrogens with one attached hydrogen (secondary N) is 1. The molecule has 0 bridgehead atoms. The minimum atomic E-state index is -0.202. The van der Waals surface area contributed by atoms with E-state index in [2.05, 4.69) is 27.9 Å². The van der Waals surface area contributed by atoms with Crippen molar-refractivity contribution in [1.29, 1.82) is 0 Å². The van der Waals surface area contributed by atoms with Gasteiger partial charge in [0.25, 0.3) is 5.56 Å². The monoisotopic (exact) mass is 445 g/mol. The van der Waals surface area contributed by atoms with Gasteiger partial charge in [0, 0.05) is 16.2 Å². The van der Waals surface area contributed by atoms with Gasteiger partial charge in [-0.05, 0) is 55.5 Å². The van der Waals surface area contributed by atoms with Crippen molar-refractivity contribution in [3.8, 4) is 0 Å². The summed E-state index contributed by atoms with van der Waals surface area (Å²) in [5.41, 5.74) is 0.471. The Kier molecular flexibility index (Phi) is 6.59. The number of nitrogens with zero attached hydrogens (tertiary/aromatic N) is 2. The molecule has 1 aromatic carbocycles. The Morgan fingerprint density at radius 2 is 2.00 bits per heavy atom. The lowest BCUT2D eigenvalue weighted by molar-refractivity contribution is 0.0664. The van der Waals surface area contributed by atoms with Crippen molar-refractivity contribution >= 4 is 39.4 Å². The number of hydrogen-bond acceptors (Lipinski definition) is 5. The van der Waals surface area contributed by atoms with Crippen LogP contribution in [0.3, 0.4) is 0 Å². The number of para-hydroxylation sites is 1. The molecular formula is C17H24IN3O3. The Morgan fingerprint density at radius 3 is 2.67 bits per heavy atom. The molecule has 0 amide bonds. The summed E-state index contributed by atoms with van der Waals surface area (Å²) < 4.78 is 13.1. The molecular weight excluding hydrogens is 421 g/mol. The Balaban J connectivity index is 2.40. The van der Waals surface area contributed by atoms with E-state index in [0.29, 0.717) is 37.7 Å². The predicted octanol–water partition coefficient (Wildman–Crippen LogP) is 2.87. The number of rotatable bonds is 7. The molecule has 0 fully saturated rings. The highest BCUT2D eigenvalue weighted by atomic mass is 127. The summed E-state index contributed by atoms with van der Waals surface area (Å²) in [7, 11) is 1.63. The van der Waals surface area contributed by atoms with Crippen molar-refractivity contribution < 1.29 is 9.47 Å². The van der Waals surface area contributed by atoms with Crippen molar-refractivity contribution in [2.24, 2.45) is 0 Å². The van der Waals surface area contributed by atoms with Gasteiger partial charge >= 0.3 is 0 Å². The lowest BCUT2D eigenvalue weighted by Crippen LogP contribution is -2.34.